The summed E-state index contributed by atoms with van der Waals surface area (Å²) in [6, 6.07) is 0. The highest BCUT2D eigenvalue weighted by Crippen LogP contribution is 2.59. The molecule has 0 aliphatic carbocycles. The minimum atomic E-state index is -2.40. The molecular weight excluding hydrogens is 206 g/mol. The lowest BCUT2D eigenvalue weighted by Crippen LogP contribution is -2.07. The SMILES string of the molecule is CCCC([P+](=O)O)P(=O)(CC)CC. The standard InChI is InChI=1S/C8H18O3P2/c1-4-7-8(12(9)10)13(11,5-2)6-3/h8H,4-7H2,1-3H3/p+1. The Morgan fingerprint density at radius 2 is 1.77 bits per heavy atom. The van der Waals surface area contributed by atoms with Gasteiger partial charge < -0.3 is 4.57 Å². The van der Waals surface area contributed by atoms with Crippen molar-refractivity contribution in [2.24, 2.45) is 0 Å². The normalized spacial score (nSPS) is 15.5. The summed E-state index contributed by atoms with van der Waals surface area (Å²) in [7, 11) is -4.68. The van der Waals surface area contributed by atoms with Crippen LogP contribution in [0.4, 0.5) is 0 Å². The molecule has 0 rings (SSSR count). The maximum atomic E-state index is 12.1. The van der Waals surface area contributed by atoms with Gasteiger partial charge in [-0.15, -0.1) is 0 Å². The van der Waals surface area contributed by atoms with Crippen LogP contribution in [0, 0.1) is 0 Å². The Morgan fingerprint density at radius 1 is 1.31 bits per heavy atom. The molecule has 2 unspecified atom stereocenters. The average molecular weight is 225 g/mol. The lowest BCUT2D eigenvalue weighted by molar-refractivity contribution is 0.492. The van der Waals surface area contributed by atoms with E-state index in [4.69, 9.17) is 4.89 Å². The van der Waals surface area contributed by atoms with E-state index < -0.39 is 20.6 Å². The van der Waals surface area contributed by atoms with Gasteiger partial charge in [0, 0.05) is 18.7 Å². The Hall–Kier alpha value is 0.290. The summed E-state index contributed by atoms with van der Waals surface area (Å²) in [5, 5.41) is -0.470. The molecule has 0 saturated carbocycles. The van der Waals surface area contributed by atoms with Gasteiger partial charge in [-0.3, -0.25) is 0 Å². The molecule has 0 aromatic carbocycles. The van der Waals surface area contributed by atoms with Crippen molar-refractivity contribution in [3.63, 3.8) is 0 Å². The van der Waals surface area contributed by atoms with Crippen LogP contribution in [0.5, 0.6) is 0 Å². The molecule has 0 spiro atoms. The first kappa shape index (κ1) is 13.3. The second-order valence-corrected chi connectivity index (χ2v) is 8.59. The monoisotopic (exact) mass is 225 g/mol. The summed E-state index contributed by atoms with van der Waals surface area (Å²) in [6.07, 6.45) is 2.49. The highest BCUT2D eigenvalue weighted by molar-refractivity contribution is 7.73. The third-order valence-electron chi connectivity index (χ3n) is 2.42. The van der Waals surface area contributed by atoms with Crippen molar-refractivity contribution in [2.75, 3.05) is 12.3 Å². The number of hydrogen-bond donors (Lipinski definition) is 1. The van der Waals surface area contributed by atoms with Gasteiger partial charge in [0.25, 0.3) is 0 Å². The van der Waals surface area contributed by atoms with Crippen molar-refractivity contribution in [1.29, 1.82) is 0 Å². The van der Waals surface area contributed by atoms with Gasteiger partial charge in [0.05, 0.1) is 0 Å². The molecule has 0 aromatic heterocycles. The predicted octanol–water partition coefficient (Wildman–Crippen LogP) is 3.25. The number of hydrogen-bond acceptors (Lipinski definition) is 2. The van der Waals surface area contributed by atoms with Gasteiger partial charge in [0.15, 0.2) is 0 Å². The third kappa shape index (κ3) is 3.50. The summed E-state index contributed by atoms with van der Waals surface area (Å²) < 4.78 is 23.2. The van der Waals surface area contributed by atoms with Crippen LogP contribution in [0.2, 0.25) is 0 Å². The van der Waals surface area contributed by atoms with Crippen LogP contribution in [0.3, 0.4) is 0 Å². The van der Waals surface area contributed by atoms with Gasteiger partial charge in [-0.1, -0.05) is 27.2 Å². The van der Waals surface area contributed by atoms with Crippen LogP contribution in [-0.2, 0) is 9.13 Å². The average Bonchev–Trinajstić information content (AvgIpc) is 2.12. The zero-order valence-electron chi connectivity index (χ0n) is 8.56. The Bertz CT molecular complexity index is 207. The molecule has 0 radical (unpaired) electrons. The maximum Gasteiger partial charge on any atom is 0.516 e. The first-order valence-electron chi connectivity index (χ1n) is 4.74. The molecule has 0 heterocycles. The third-order valence-corrected chi connectivity index (χ3v) is 8.52. The predicted molar refractivity (Wildman–Crippen MR) is 57.2 cm³/mol. The summed E-state index contributed by atoms with van der Waals surface area (Å²) in [6.45, 7) is 5.62. The second kappa shape index (κ2) is 5.90. The lowest BCUT2D eigenvalue weighted by atomic mass is 10.4. The zero-order chi connectivity index (χ0) is 10.5. The van der Waals surface area contributed by atoms with Gasteiger partial charge in [-0.25, -0.2) is 0 Å². The first-order valence-corrected chi connectivity index (χ1v) is 8.17. The van der Waals surface area contributed by atoms with Crippen LogP contribution < -0.4 is 0 Å². The van der Waals surface area contributed by atoms with Gasteiger partial charge in [-0.05, 0) is 4.57 Å². The minimum absolute atomic E-state index is 0.470. The van der Waals surface area contributed by atoms with Gasteiger partial charge >= 0.3 is 8.03 Å². The molecule has 1 N–H and O–H groups in total. The van der Waals surface area contributed by atoms with Crippen molar-refractivity contribution in [3.8, 4) is 0 Å². The van der Waals surface area contributed by atoms with Crippen LogP contribution >= 0.6 is 15.2 Å². The van der Waals surface area contributed by atoms with E-state index in [2.05, 4.69) is 0 Å². The highest BCUT2D eigenvalue weighted by atomic mass is 31.2. The van der Waals surface area contributed by atoms with E-state index in [1.165, 1.54) is 0 Å². The molecule has 0 fully saturated rings. The largest absolute Gasteiger partial charge is 0.516 e. The molecule has 0 aliphatic heterocycles. The molecule has 0 bridgehead atoms. The second-order valence-electron chi connectivity index (χ2n) is 3.16. The van der Waals surface area contributed by atoms with Crippen molar-refractivity contribution >= 4 is 15.2 Å². The summed E-state index contributed by atoms with van der Waals surface area (Å²) in [5.41, 5.74) is 0. The topological polar surface area (TPSA) is 54.4 Å². The van der Waals surface area contributed by atoms with Crippen molar-refractivity contribution < 1.29 is 14.0 Å². The molecule has 78 valence electrons. The van der Waals surface area contributed by atoms with E-state index in [9.17, 15) is 9.13 Å². The Labute approximate surface area is 81.2 Å². The van der Waals surface area contributed by atoms with E-state index in [-0.39, 0.29) is 0 Å². The van der Waals surface area contributed by atoms with Gasteiger partial charge in [-0.2, -0.15) is 4.89 Å². The molecule has 13 heavy (non-hydrogen) atoms. The zero-order valence-corrected chi connectivity index (χ0v) is 10.4. The Kier molecular flexibility index (Phi) is 6.04. The maximum absolute atomic E-state index is 12.1. The molecule has 0 amide bonds. The van der Waals surface area contributed by atoms with Crippen LogP contribution in [0.15, 0.2) is 0 Å². The molecule has 0 saturated heterocycles. The summed E-state index contributed by atoms with van der Waals surface area (Å²) in [5.74, 6) is 0. The van der Waals surface area contributed by atoms with Crippen molar-refractivity contribution in [3.05, 3.63) is 0 Å². The Morgan fingerprint density at radius 3 is 2.00 bits per heavy atom. The van der Waals surface area contributed by atoms with E-state index in [0.29, 0.717) is 18.7 Å². The fraction of sp³-hybridized carbons (Fsp3) is 1.00. The van der Waals surface area contributed by atoms with E-state index in [1.54, 1.807) is 0 Å². The van der Waals surface area contributed by atoms with Crippen molar-refractivity contribution in [1.82, 2.24) is 0 Å². The smallest absolute Gasteiger partial charge is 0.319 e. The number of rotatable bonds is 6. The summed E-state index contributed by atoms with van der Waals surface area (Å²) in [4.78, 5) is 9.08. The first-order chi connectivity index (χ1) is 6.01. The fourth-order valence-electron chi connectivity index (χ4n) is 1.43. The van der Waals surface area contributed by atoms with Crippen LogP contribution in [0.1, 0.15) is 33.6 Å². The molecule has 0 aliphatic rings. The highest BCUT2D eigenvalue weighted by Gasteiger charge is 2.43. The quantitative estimate of drug-likeness (QED) is 0.706. The molecule has 3 nitrogen and oxygen atoms in total. The summed E-state index contributed by atoms with van der Waals surface area (Å²) >= 11 is 0. The lowest BCUT2D eigenvalue weighted by Gasteiger charge is -2.15. The van der Waals surface area contributed by atoms with Gasteiger partial charge in [0.2, 0.25) is 5.40 Å². The van der Waals surface area contributed by atoms with E-state index >= 15 is 0 Å². The molecule has 5 heteroatoms. The van der Waals surface area contributed by atoms with Crippen LogP contribution in [-0.4, -0.2) is 22.6 Å². The minimum Gasteiger partial charge on any atom is -0.319 e. The Balaban J connectivity index is 4.69. The van der Waals surface area contributed by atoms with E-state index in [0.717, 1.165) is 6.42 Å². The van der Waals surface area contributed by atoms with Crippen molar-refractivity contribution in [2.45, 2.75) is 39.0 Å². The molecule has 0 aromatic rings. The van der Waals surface area contributed by atoms with Gasteiger partial charge in [0.1, 0.15) is 7.14 Å². The van der Waals surface area contributed by atoms with Crippen LogP contribution in [0.25, 0.3) is 0 Å². The molecule has 2 atom stereocenters. The fourth-order valence-corrected chi connectivity index (χ4v) is 6.35. The van der Waals surface area contributed by atoms with E-state index in [1.807, 2.05) is 20.8 Å². The molecular formula is C8H19O3P2+.